The van der Waals surface area contributed by atoms with E-state index >= 15 is 4.39 Å². The molecule has 26 heavy (non-hydrogen) atoms. The van der Waals surface area contributed by atoms with Crippen molar-refractivity contribution in [2.75, 3.05) is 11.9 Å². The molecule has 134 valence electrons. The molecule has 3 aromatic rings. The fourth-order valence-electron chi connectivity index (χ4n) is 4.84. The van der Waals surface area contributed by atoms with Crippen LogP contribution in [0.2, 0.25) is 0 Å². The summed E-state index contributed by atoms with van der Waals surface area (Å²) in [4.78, 5) is 4.25. The van der Waals surface area contributed by atoms with Crippen molar-refractivity contribution in [3.05, 3.63) is 48.2 Å². The SMILES string of the molecule is CC1(C)Nc2cc(F)c(-c3cncc4ccoc34)cc2C2(C)CCOC12. The lowest BCUT2D eigenvalue weighted by Crippen LogP contribution is -2.56. The van der Waals surface area contributed by atoms with Gasteiger partial charge in [0, 0.05) is 46.6 Å². The van der Waals surface area contributed by atoms with Crippen molar-refractivity contribution in [3.63, 3.8) is 0 Å². The zero-order chi connectivity index (χ0) is 18.1. The third-order valence-electron chi connectivity index (χ3n) is 5.97. The lowest BCUT2D eigenvalue weighted by Gasteiger charge is -2.48. The second-order valence-corrected chi connectivity index (χ2v) is 8.17. The zero-order valence-corrected chi connectivity index (χ0v) is 15.1. The summed E-state index contributed by atoms with van der Waals surface area (Å²) in [5, 5.41) is 4.35. The van der Waals surface area contributed by atoms with Gasteiger partial charge in [0.25, 0.3) is 0 Å². The summed E-state index contributed by atoms with van der Waals surface area (Å²) in [5.41, 5.74) is 3.39. The van der Waals surface area contributed by atoms with Crippen molar-refractivity contribution in [1.82, 2.24) is 4.98 Å². The summed E-state index contributed by atoms with van der Waals surface area (Å²) < 4.78 is 26.8. The second kappa shape index (κ2) is 5.07. The lowest BCUT2D eigenvalue weighted by molar-refractivity contribution is 0.0352. The van der Waals surface area contributed by atoms with Gasteiger partial charge in [-0.3, -0.25) is 4.98 Å². The Morgan fingerprint density at radius 1 is 1.19 bits per heavy atom. The van der Waals surface area contributed by atoms with Crippen LogP contribution in [0.1, 0.15) is 32.8 Å². The Morgan fingerprint density at radius 2 is 2.04 bits per heavy atom. The van der Waals surface area contributed by atoms with Crippen molar-refractivity contribution in [2.24, 2.45) is 0 Å². The maximum Gasteiger partial charge on any atom is 0.144 e. The Morgan fingerprint density at radius 3 is 2.88 bits per heavy atom. The minimum absolute atomic E-state index is 0.0401. The average Bonchev–Trinajstić information content (AvgIpc) is 3.21. The molecule has 2 unspecified atom stereocenters. The van der Waals surface area contributed by atoms with E-state index in [0.717, 1.165) is 23.1 Å². The van der Waals surface area contributed by atoms with E-state index in [-0.39, 0.29) is 22.9 Å². The Labute approximate surface area is 151 Å². The molecule has 2 atom stereocenters. The number of anilines is 1. The van der Waals surface area contributed by atoms with Crippen LogP contribution >= 0.6 is 0 Å². The first-order valence-corrected chi connectivity index (χ1v) is 8.95. The van der Waals surface area contributed by atoms with Crippen molar-refractivity contribution < 1.29 is 13.5 Å². The molecule has 1 N–H and O–H groups in total. The van der Waals surface area contributed by atoms with Gasteiger partial charge in [-0.25, -0.2) is 4.39 Å². The van der Waals surface area contributed by atoms with Gasteiger partial charge in [-0.05, 0) is 44.0 Å². The summed E-state index contributed by atoms with van der Waals surface area (Å²) in [6.45, 7) is 7.17. The molecular formula is C21H21FN2O2. The monoisotopic (exact) mass is 352 g/mol. The molecule has 4 nitrogen and oxygen atoms in total. The molecule has 1 aromatic carbocycles. The largest absolute Gasteiger partial charge is 0.464 e. The maximum atomic E-state index is 15.1. The number of furan rings is 1. The van der Waals surface area contributed by atoms with Crippen molar-refractivity contribution in [1.29, 1.82) is 0 Å². The average molecular weight is 352 g/mol. The summed E-state index contributed by atoms with van der Waals surface area (Å²) in [5.74, 6) is -0.279. The highest BCUT2D eigenvalue weighted by molar-refractivity contribution is 5.92. The van der Waals surface area contributed by atoms with E-state index in [4.69, 9.17) is 9.15 Å². The summed E-state index contributed by atoms with van der Waals surface area (Å²) in [6.07, 6.45) is 5.97. The molecule has 1 saturated heterocycles. The Bertz CT molecular complexity index is 1030. The van der Waals surface area contributed by atoms with E-state index in [1.165, 1.54) is 0 Å². The molecule has 2 aliphatic rings. The molecule has 0 aliphatic carbocycles. The van der Waals surface area contributed by atoms with Crippen LogP contribution in [0.15, 0.2) is 41.3 Å². The first kappa shape index (κ1) is 15.8. The molecule has 2 aliphatic heterocycles. The van der Waals surface area contributed by atoms with Gasteiger partial charge in [-0.2, -0.15) is 0 Å². The van der Waals surface area contributed by atoms with Crippen molar-refractivity contribution >= 4 is 16.7 Å². The van der Waals surface area contributed by atoms with Crippen molar-refractivity contribution in [2.45, 2.75) is 44.2 Å². The van der Waals surface area contributed by atoms with Crippen LogP contribution in [0, 0.1) is 5.82 Å². The van der Waals surface area contributed by atoms with E-state index in [9.17, 15) is 0 Å². The Balaban J connectivity index is 1.76. The van der Waals surface area contributed by atoms with Crippen molar-refractivity contribution in [3.8, 4) is 11.1 Å². The first-order chi connectivity index (χ1) is 12.4. The van der Waals surface area contributed by atoms with Crippen LogP contribution in [0.4, 0.5) is 10.1 Å². The van der Waals surface area contributed by atoms with Gasteiger partial charge in [0.15, 0.2) is 0 Å². The number of halogens is 1. The smallest absolute Gasteiger partial charge is 0.144 e. The van der Waals surface area contributed by atoms with Gasteiger partial charge in [-0.1, -0.05) is 6.92 Å². The van der Waals surface area contributed by atoms with Crippen LogP contribution in [0.25, 0.3) is 22.1 Å². The number of fused-ring (bicyclic) bond motifs is 4. The van der Waals surface area contributed by atoms with Gasteiger partial charge < -0.3 is 14.5 Å². The lowest BCUT2D eigenvalue weighted by atomic mass is 9.66. The molecule has 2 aromatic heterocycles. The number of ether oxygens (including phenoxy) is 1. The van der Waals surface area contributed by atoms with E-state index in [1.54, 1.807) is 24.7 Å². The van der Waals surface area contributed by atoms with Gasteiger partial charge >= 0.3 is 0 Å². The fourth-order valence-corrected chi connectivity index (χ4v) is 4.84. The Kier molecular flexibility index (Phi) is 3.09. The van der Waals surface area contributed by atoms with E-state index in [1.807, 2.05) is 12.1 Å². The summed E-state index contributed by atoms with van der Waals surface area (Å²) in [7, 11) is 0. The van der Waals surface area contributed by atoms with Gasteiger partial charge in [0.05, 0.1) is 17.9 Å². The second-order valence-electron chi connectivity index (χ2n) is 8.17. The molecule has 0 bridgehead atoms. The molecular weight excluding hydrogens is 331 g/mol. The predicted molar refractivity (Wildman–Crippen MR) is 98.8 cm³/mol. The molecule has 0 spiro atoms. The van der Waals surface area contributed by atoms with Crippen LogP contribution in [-0.4, -0.2) is 23.2 Å². The highest BCUT2D eigenvalue weighted by Crippen LogP contribution is 2.51. The maximum absolute atomic E-state index is 15.1. The molecule has 0 saturated carbocycles. The Hall–Kier alpha value is -2.40. The van der Waals surface area contributed by atoms with Crippen LogP contribution in [0.3, 0.4) is 0 Å². The van der Waals surface area contributed by atoms with Crippen LogP contribution < -0.4 is 5.32 Å². The molecule has 4 heterocycles. The molecule has 5 rings (SSSR count). The number of aromatic nitrogens is 1. The third-order valence-corrected chi connectivity index (χ3v) is 5.97. The molecule has 1 fully saturated rings. The number of rotatable bonds is 1. The number of nitrogens with zero attached hydrogens (tertiary/aromatic N) is 1. The summed E-state index contributed by atoms with van der Waals surface area (Å²) >= 11 is 0. The van der Waals surface area contributed by atoms with E-state index in [0.29, 0.717) is 23.3 Å². The zero-order valence-electron chi connectivity index (χ0n) is 15.1. The number of benzene rings is 1. The first-order valence-electron chi connectivity index (χ1n) is 8.95. The number of hydrogen-bond donors (Lipinski definition) is 1. The van der Waals surface area contributed by atoms with Gasteiger partial charge in [-0.15, -0.1) is 0 Å². The predicted octanol–water partition coefficient (Wildman–Crippen LogP) is 4.88. The minimum atomic E-state index is -0.279. The fraction of sp³-hybridized carbons (Fsp3) is 0.381. The number of pyridine rings is 1. The molecule has 5 heteroatoms. The van der Waals surface area contributed by atoms with Crippen LogP contribution in [-0.2, 0) is 10.2 Å². The standard InChI is InChI=1S/C21H21FN2O2/c1-20(2)19-21(3,5-7-26-19)15-8-13(16(22)9-17(15)24-20)14-11-23-10-12-4-6-25-18(12)14/h4,6,8-11,19,24H,5,7H2,1-3H3. The van der Waals surface area contributed by atoms with Crippen LogP contribution in [0.5, 0.6) is 0 Å². The highest BCUT2D eigenvalue weighted by Gasteiger charge is 2.53. The van der Waals surface area contributed by atoms with Gasteiger partial charge in [0.2, 0.25) is 0 Å². The van der Waals surface area contributed by atoms with E-state index < -0.39 is 0 Å². The summed E-state index contributed by atoms with van der Waals surface area (Å²) in [6, 6.07) is 5.40. The van der Waals surface area contributed by atoms with E-state index in [2.05, 4.69) is 31.1 Å². The highest BCUT2D eigenvalue weighted by atomic mass is 19.1. The molecule has 0 amide bonds. The third kappa shape index (κ3) is 2.01. The topological polar surface area (TPSA) is 47.3 Å². The quantitative estimate of drug-likeness (QED) is 0.678. The number of hydrogen-bond acceptors (Lipinski definition) is 4. The normalized spacial score (nSPS) is 26.4. The minimum Gasteiger partial charge on any atom is -0.464 e. The van der Waals surface area contributed by atoms with Gasteiger partial charge in [0.1, 0.15) is 11.4 Å². The number of nitrogens with one attached hydrogen (secondary N) is 1. The molecule has 0 radical (unpaired) electrons.